The largest absolute Gasteiger partial charge is 0.395 e. The summed E-state index contributed by atoms with van der Waals surface area (Å²) in [5, 5.41) is 11.3. The summed E-state index contributed by atoms with van der Waals surface area (Å²) in [6.07, 6.45) is 0. The number of fused-ring (bicyclic) bond motifs is 1. The molecule has 9 nitrogen and oxygen atoms in total. The molecule has 5 amide bonds. The first kappa shape index (κ1) is 15.1. The Morgan fingerprint density at radius 1 is 1.32 bits per heavy atom. The molecule has 2 N–H and O–H groups in total. The molecular formula is C12H16N4O5S. The first-order valence-electron chi connectivity index (χ1n) is 6.98. The molecule has 3 heterocycles. The molecule has 10 heteroatoms. The summed E-state index contributed by atoms with van der Waals surface area (Å²) in [7, 11) is 0. The maximum atomic E-state index is 12.4. The van der Waals surface area contributed by atoms with E-state index in [9.17, 15) is 19.2 Å². The first-order valence-corrected chi connectivity index (χ1v) is 7.96. The Bertz CT molecular complexity index is 542. The average molecular weight is 328 g/mol. The quantitative estimate of drug-likeness (QED) is 0.596. The van der Waals surface area contributed by atoms with Crippen LogP contribution >= 0.6 is 11.8 Å². The van der Waals surface area contributed by atoms with Crippen molar-refractivity contribution < 1.29 is 24.3 Å². The van der Waals surface area contributed by atoms with Gasteiger partial charge in [0.15, 0.2) is 0 Å². The zero-order chi connectivity index (χ0) is 15.9. The lowest BCUT2D eigenvalue weighted by Gasteiger charge is -2.36. The fourth-order valence-electron chi connectivity index (χ4n) is 2.90. The van der Waals surface area contributed by atoms with Crippen LogP contribution in [-0.2, 0) is 9.59 Å². The highest BCUT2D eigenvalue weighted by atomic mass is 32.2. The third-order valence-electron chi connectivity index (χ3n) is 4.01. The highest BCUT2D eigenvalue weighted by Crippen LogP contribution is 2.23. The van der Waals surface area contributed by atoms with Crippen molar-refractivity contribution in [2.75, 3.05) is 38.5 Å². The molecule has 22 heavy (non-hydrogen) atoms. The molecule has 0 aromatic heterocycles. The average Bonchev–Trinajstić information content (AvgIpc) is 3.04. The maximum Gasteiger partial charge on any atom is 0.327 e. The van der Waals surface area contributed by atoms with Crippen molar-refractivity contribution in [2.24, 2.45) is 0 Å². The Morgan fingerprint density at radius 2 is 2.09 bits per heavy atom. The van der Waals surface area contributed by atoms with Gasteiger partial charge in [0, 0.05) is 18.8 Å². The van der Waals surface area contributed by atoms with Crippen LogP contribution in [0.1, 0.15) is 0 Å². The minimum atomic E-state index is -0.693. The molecule has 0 unspecified atom stereocenters. The molecule has 3 rings (SSSR count). The lowest BCUT2D eigenvalue weighted by Crippen LogP contribution is -2.58. The summed E-state index contributed by atoms with van der Waals surface area (Å²) in [6.45, 7) is 0.414. The normalized spacial score (nSPS) is 28.2. The monoisotopic (exact) mass is 328 g/mol. The smallest absolute Gasteiger partial charge is 0.327 e. The Morgan fingerprint density at radius 3 is 2.73 bits per heavy atom. The molecule has 2 atom stereocenters. The lowest BCUT2D eigenvalue weighted by molar-refractivity contribution is -0.137. The fourth-order valence-corrected chi connectivity index (χ4v) is 3.67. The van der Waals surface area contributed by atoms with Crippen molar-refractivity contribution in [3.05, 3.63) is 0 Å². The number of thioether (sulfide) groups is 1. The van der Waals surface area contributed by atoms with Crippen LogP contribution in [0.3, 0.4) is 0 Å². The van der Waals surface area contributed by atoms with Crippen LogP contribution < -0.4 is 5.32 Å². The molecule has 0 spiro atoms. The SMILES string of the molecule is O=C1N[C@H](C(=O)N2CCN3C(=O)N(CCO)C(=O)[C@H]3C2)CS1. The molecule has 3 aliphatic heterocycles. The highest BCUT2D eigenvalue weighted by molar-refractivity contribution is 8.14. The topological polar surface area (TPSA) is 110 Å². The number of aliphatic hydroxyl groups excluding tert-OH is 1. The van der Waals surface area contributed by atoms with Crippen molar-refractivity contribution in [1.82, 2.24) is 20.0 Å². The van der Waals surface area contributed by atoms with Crippen molar-refractivity contribution >= 4 is 34.8 Å². The Labute approximate surface area is 130 Å². The van der Waals surface area contributed by atoms with Crippen molar-refractivity contribution in [1.29, 1.82) is 0 Å². The van der Waals surface area contributed by atoms with Gasteiger partial charge in [-0.1, -0.05) is 11.8 Å². The number of carbonyl (C=O) groups excluding carboxylic acids is 4. The van der Waals surface area contributed by atoms with Gasteiger partial charge in [0.2, 0.25) is 5.91 Å². The van der Waals surface area contributed by atoms with E-state index < -0.39 is 18.1 Å². The van der Waals surface area contributed by atoms with E-state index in [1.165, 1.54) is 9.80 Å². The van der Waals surface area contributed by atoms with Crippen molar-refractivity contribution in [3.63, 3.8) is 0 Å². The van der Waals surface area contributed by atoms with Crippen LogP contribution in [0, 0.1) is 0 Å². The second kappa shape index (κ2) is 5.76. The number of nitrogens with one attached hydrogen (secondary N) is 1. The number of aliphatic hydroxyl groups is 1. The standard InChI is InChI=1S/C12H16N4O5S/c17-4-3-16-10(19)8-5-14(1-2-15(8)12(16)21)9(18)7-6-22-11(20)13-7/h7-8,17H,1-6H2,(H,13,20)/t7-,8+/m0/s1. The predicted octanol–water partition coefficient (Wildman–Crippen LogP) is -1.72. The van der Waals surface area contributed by atoms with Gasteiger partial charge in [-0.25, -0.2) is 4.79 Å². The zero-order valence-corrected chi connectivity index (χ0v) is 12.5. The van der Waals surface area contributed by atoms with Gasteiger partial charge in [-0.2, -0.15) is 0 Å². The van der Waals surface area contributed by atoms with Gasteiger partial charge in [0.1, 0.15) is 12.1 Å². The zero-order valence-electron chi connectivity index (χ0n) is 11.7. The number of imide groups is 1. The second-order valence-corrected chi connectivity index (χ2v) is 6.28. The van der Waals surface area contributed by atoms with Gasteiger partial charge < -0.3 is 20.2 Å². The number of carbonyl (C=O) groups is 4. The number of urea groups is 1. The Kier molecular flexibility index (Phi) is 3.96. The number of rotatable bonds is 3. The van der Waals surface area contributed by atoms with E-state index in [-0.39, 0.29) is 43.3 Å². The van der Waals surface area contributed by atoms with Gasteiger partial charge in [0.05, 0.1) is 19.7 Å². The molecule has 3 aliphatic rings. The van der Waals surface area contributed by atoms with E-state index in [1.54, 1.807) is 0 Å². The fraction of sp³-hybridized carbons (Fsp3) is 0.667. The summed E-state index contributed by atoms with van der Waals surface area (Å²) in [4.78, 5) is 51.8. The van der Waals surface area contributed by atoms with Gasteiger partial charge in [-0.05, 0) is 0 Å². The number of β-amino-alcohol motifs (C(OH)–C–C–N with tert-alkyl or cyclic N) is 1. The van der Waals surface area contributed by atoms with E-state index in [2.05, 4.69) is 5.32 Å². The molecule has 0 aromatic carbocycles. The summed E-state index contributed by atoms with van der Waals surface area (Å²) < 4.78 is 0. The van der Waals surface area contributed by atoms with Crippen LogP contribution in [0.25, 0.3) is 0 Å². The molecule has 0 bridgehead atoms. The van der Waals surface area contributed by atoms with Crippen LogP contribution in [0.5, 0.6) is 0 Å². The van der Waals surface area contributed by atoms with Crippen LogP contribution in [-0.4, -0.2) is 93.5 Å². The lowest BCUT2D eigenvalue weighted by atomic mass is 10.1. The number of amides is 5. The molecular weight excluding hydrogens is 312 g/mol. The summed E-state index contributed by atoms with van der Waals surface area (Å²) in [5.74, 6) is -0.230. The molecule has 0 radical (unpaired) electrons. The minimum Gasteiger partial charge on any atom is -0.395 e. The Hall–Kier alpha value is -1.81. The molecule has 0 aliphatic carbocycles. The van der Waals surface area contributed by atoms with E-state index in [1.807, 2.05) is 0 Å². The van der Waals surface area contributed by atoms with Crippen LogP contribution in [0.2, 0.25) is 0 Å². The minimum absolute atomic E-state index is 0.0338. The molecule has 0 aromatic rings. The maximum absolute atomic E-state index is 12.4. The van der Waals surface area contributed by atoms with E-state index >= 15 is 0 Å². The predicted molar refractivity (Wildman–Crippen MR) is 76.0 cm³/mol. The van der Waals surface area contributed by atoms with E-state index in [0.717, 1.165) is 16.7 Å². The van der Waals surface area contributed by atoms with E-state index in [0.29, 0.717) is 12.3 Å². The number of hydrogen-bond acceptors (Lipinski definition) is 6. The van der Waals surface area contributed by atoms with Gasteiger partial charge in [-0.3, -0.25) is 19.3 Å². The highest BCUT2D eigenvalue weighted by Gasteiger charge is 2.48. The van der Waals surface area contributed by atoms with Crippen LogP contribution in [0.15, 0.2) is 0 Å². The van der Waals surface area contributed by atoms with Crippen LogP contribution in [0.4, 0.5) is 9.59 Å². The first-order chi connectivity index (χ1) is 10.5. The molecule has 120 valence electrons. The van der Waals surface area contributed by atoms with Gasteiger partial charge in [0.25, 0.3) is 11.1 Å². The summed E-state index contributed by atoms with van der Waals surface area (Å²) in [6, 6.07) is -1.67. The van der Waals surface area contributed by atoms with Crippen molar-refractivity contribution in [2.45, 2.75) is 12.1 Å². The third-order valence-corrected chi connectivity index (χ3v) is 4.89. The number of hydrogen-bond donors (Lipinski definition) is 2. The van der Waals surface area contributed by atoms with Crippen molar-refractivity contribution in [3.8, 4) is 0 Å². The third kappa shape index (κ3) is 2.41. The Balaban J connectivity index is 1.68. The molecule has 3 saturated heterocycles. The summed E-state index contributed by atoms with van der Waals surface area (Å²) >= 11 is 1.06. The second-order valence-electron chi connectivity index (χ2n) is 5.28. The van der Waals surface area contributed by atoms with Gasteiger partial charge in [-0.15, -0.1) is 0 Å². The molecule has 0 saturated carbocycles. The summed E-state index contributed by atoms with van der Waals surface area (Å²) in [5.41, 5.74) is 0. The number of piperazine rings is 1. The molecule has 3 fully saturated rings. The number of nitrogens with zero attached hydrogens (tertiary/aromatic N) is 3. The van der Waals surface area contributed by atoms with Gasteiger partial charge >= 0.3 is 6.03 Å². The van der Waals surface area contributed by atoms with E-state index in [4.69, 9.17) is 5.11 Å².